The Morgan fingerprint density at radius 1 is 1.00 bits per heavy atom. The number of hydrogen-bond donors (Lipinski definition) is 0. The number of nitrogens with zero attached hydrogens (tertiary/aromatic N) is 2. The molecule has 0 radical (unpaired) electrons. The number of rotatable bonds is 2. The van der Waals surface area contributed by atoms with E-state index in [1.165, 1.54) is 39.5 Å². The fourth-order valence-electron chi connectivity index (χ4n) is 2.71. The number of hydrogen-bond acceptors (Lipinski definition) is 4. The van der Waals surface area contributed by atoms with Crippen molar-refractivity contribution in [3.05, 3.63) is 0 Å². The zero-order chi connectivity index (χ0) is 11.4. The summed E-state index contributed by atoms with van der Waals surface area (Å²) < 4.78 is 4.80. The SMILES string of the molecule is COC(=O)C1CCN(N2CCCCC2)CC1. The minimum atomic E-state index is -0.0294. The topological polar surface area (TPSA) is 32.8 Å². The van der Waals surface area contributed by atoms with Gasteiger partial charge in [0, 0.05) is 26.2 Å². The zero-order valence-electron chi connectivity index (χ0n) is 10.2. The van der Waals surface area contributed by atoms with E-state index >= 15 is 0 Å². The van der Waals surface area contributed by atoms with Crippen LogP contribution in [-0.4, -0.2) is 49.3 Å². The van der Waals surface area contributed by atoms with Gasteiger partial charge in [0.05, 0.1) is 13.0 Å². The van der Waals surface area contributed by atoms with E-state index in [4.69, 9.17) is 4.74 Å². The lowest BCUT2D eigenvalue weighted by molar-refractivity contribution is -0.149. The van der Waals surface area contributed by atoms with Crippen LogP contribution in [0.1, 0.15) is 32.1 Å². The van der Waals surface area contributed by atoms with Crippen molar-refractivity contribution in [3.8, 4) is 0 Å². The average Bonchev–Trinajstić information content (AvgIpc) is 2.39. The summed E-state index contributed by atoms with van der Waals surface area (Å²) in [6.07, 6.45) is 5.90. The summed E-state index contributed by atoms with van der Waals surface area (Å²) in [5.41, 5.74) is 0. The molecule has 4 nitrogen and oxygen atoms in total. The van der Waals surface area contributed by atoms with Crippen molar-refractivity contribution >= 4 is 5.97 Å². The van der Waals surface area contributed by atoms with Crippen molar-refractivity contribution in [2.24, 2.45) is 5.92 Å². The Kier molecular flexibility index (Phi) is 4.18. The van der Waals surface area contributed by atoms with Crippen LogP contribution in [0.2, 0.25) is 0 Å². The van der Waals surface area contributed by atoms with E-state index in [2.05, 4.69) is 10.0 Å². The van der Waals surface area contributed by atoms with Crippen molar-refractivity contribution in [2.75, 3.05) is 33.3 Å². The monoisotopic (exact) mass is 226 g/mol. The maximum absolute atomic E-state index is 11.4. The highest BCUT2D eigenvalue weighted by atomic mass is 16.5. The van der Waals surface area contributed by atoms with Gasteiger partial charge in [0.25, 0.3) is 0 Å². The van der Waals surface area contributed by atoms with E-state index in [1.54, 1.807) is 0 Å². The molecule has 0 bridgehead atoms. The van der Waals surface area contributed by atoms with Crippen molar-refractivity contribution in [3.63, 3.8) is 0 Å². The van der Waals surface area contributed by atoms with Gasteiger partial charge in [-0.3, -0.25) is 4.79 Å². The third-order valence-electron chi connectivity index (χ3n) is 3.74. The molecular formula is C12H22N2O2. The predicted molar refractivity (Wildman–Crippen MR) is 61.7 cm³/mol. The molecule has 16 heavy (non-hydrogen) atoms. The Bertz CT molecular complexity index is 231. The Morgan fingerprint density at radius 2 is 1.56 bits per heavy atom. The molecule has 0 aromatic rings. The van der Waals surface area contributed by atoms with Crippen molar-refractivity contribution in [2.45, 2.75) is 32.1 Å². The van der Waals surface area contributed by atoms with Gasteiger partial charge in [0.1, 0.15) is 0 Å². The summed E-state index contributed by atoms with van der Waals surface area (Å²) in [5.74, 6) is 0.101. The second-order valence-corrected chi connectivity index (χ2v) is 4.77. The molecule has 0 aromatic carbocycles. The number of esters is 1. The minimum absolute atomic E-state index is 0.0294. The number of hydrazine groups is 1. The van der Waals surface area contributed by atoms with Gasteiger partial charge >= 0.3 is 5.97 Å². The Labute approximate surface area is 97.5 Å². The molecule has 2 saturated heterocycles. The first kappa shape index (κ1) is 11.9. The molecule has 0 unspecified atom stereocenters. The van der Waals surface area contributed by atoms with Gasteiger partial charge in [-0.05, 0) is 25.7 Å². The lowest BCUT2D eigenvalue weighted by atomic mass is 9.98. The van der Waals surface area contributed by atoms with E-state index in [-0.39, 0.29) is 11.9 Å². The predicted octanol–water partition coefficient (Wildman–Crippen LogP) is 1.27. The molecule has 0 N–H and O–H groups in total. The van der Waals surface area contributed by atoms with Crippen molar-refractivity contribution in [1.82, 2.24) is 10.0 Å². The number of methoxy groups -OCH3 is 1. The summed E-state index contributed by atoms with van der Waals surface area (Å²) in [5, 5.41) is 4.90. The van der Waals surface area contributed by atoms with Crippen LogP contribution in [0, 0.1) is 5.92 Å². The van der Waals surface area contributed by atoms with Crippen LogP contribution < -0.4 is 0 Å². The molecule has 2 heterocycles. The highest BCUT2D eigenvalue weighted by Gasteiger charge is 2.28. The van der Waals surface area contributed by atoms with Crippen LogP contribution in [0.25, 0.3) is 0 Å². The molecule has 4 heteroatoms. The third-order valence-corrected chi connectivity index (χ3v) is 3.74. The van der Waals surface area contributed by atoms with E-state index in [0.717, 1.165) is 25.9 Å². The second kappa shape index (κ2) is 5.64. The highest BCUT2D eigenvalue weighted by molar-refractivity contribution is 5.72. The number of carbonyl (C=O) groups excluding carboxylic acids is 1. The van der Waals surface area contributed by atoms with Gasteiger partial charge < -0.3 is 4.74 Å². The van der Waals surface area contributed by atoms with Crippen molar-refractivity contribution < 1.29 is 9.53 Å². The molecule has 2 fully saturated rings. The van der Waals surface area contributed by atoms with E-state index in [1.807, 2.05) is 0 Å². The molecule has 92 valence electrons. The molecule has 2 aliphatic rings. The summed E-state index contributed by atoms with van der Waals surface area (Å²) >= 11 is 0. The Balaban J connectivity index is 1.78. The Hall–Kier alpha value is -0.610. The molecule has 0 saturated carbocycles. The standard InChI is InChI=1S/C12H22N2O2/c1-16-12(15)11-5-9-14(10-6-11)13-7-3-2-4-8-13/h11H,2-10H2,1H3. The summed E-state index contributed by atoms with van der Waals surface area (Å²) in [6.45, 7) is 4.42. The lowest BCUT2D eigenvalue weighted by Gasteiger charge is -2.41. The molecule has 0 aromatic heterocycles. The van der Waals surface area contributed by atoms with Gasteiger partial charge in [-0.1, -0.05) is 6.42 Å². The van der Waals surface area contributed by atoms with E-state index in [0.29, 0.717) is 0 Å². The summed E-state index contributed by atoms with van der Waals surface area (Å²) in [4.78, 5) is 11.4. The van der Waals surface area contributed by atoms with Crippen molar-refractivity contribution in [1.29, 1.82) is 0 Å². The van der Waals surface area contributed by atoms with Gasteiger partial charge in [-0.15, -0.1) is 0 Å². The number of carbonyl (C=O) groups is 1. The zero-order valence-corrected chi connectivity index (χ0v) is 10.2. The van der Waals surface area contributed by atoms with Crippen LogP contribution in [0.5, 0.6) is 0 Å². The van der Waals surface area contributed by atoms with Gasteiger partial charge in [0.15, 0.2) is 0 Å². The smallest absolute Gasteiger partial charge is 0.308 e. The van der Waals surface area contributed by atoms with E-state index < -0.39 is 0 Å². The fraction of sp³-hybridized carbons (Fsp3) is 0.917. The molecule has 0 amide bonds. The van der Waals surface area contributed by atoms with E-state index in [9.17, 15) is 4.79 Å². The molecule has 2 rings (SSSR count). The van der Waals surface area contributed by atoms with Crippen LogP contribution in [-0.2, 0) is 9.53 Å². The highest BCUT2D eigenvalue weighted by Crippen LogP contribution is 2.21. The molecule has 0 aliphatic carbocycles. The quantitative estimate of drug-likeness (QED) is 0.664. The van der Waals surface area contributed by atoms with Crippen LogP contribution in [0.3, 0.4) is 0 Å². The van der Waals surface area contributed by atoms with Gasteiger partial charge in [-0.25, -0.2) is 10.0 Å². The molecule has 0 atom stereocenters. The first-order valence-corrected chi connectivity index (χ1v) is 6.39. The largest absolute Gasteiger partial charge is 0.469 e. The van der Waals surface area contributed by atoms with Crippen LogP contribution >= 0.6 is 0 Å². The number of piperidine rings is 2. The van der Waals surface area contributed by atoms with Crippen LogP contribution in [0.4, 0.5) is 0 Å². The first-order valence-electron chi connectivity index (χ1n) is 6.39. The maximum atomic E-state index is 11.4. The molecule has 0 spiro atoms. The third kappa shape index (κ3) is 2.74. The average molecular weight is 226 g/mol. The van der Waals surface area contributed by atoms with Gasteiger partial charge in [-0.2, -0.15) is 0 Å². The van der Waals surface area contributed by atoms with Gasteiger partial charge in [0.2, 0.25) is 0 Å². The lowest BCUT2D eigenvalue weighted by Crippen LogP contribution is -2.49. The summed E-state index contributed by atoms with van der Waals surface area (Å²) in [7, 11) is 1.49. The minimum Gasteiger partial charge on any atom is -0.469 e. The first-order chi connectivity index (χ1) is 7.81. The summed E-state index contributed by atoms with van der Waals surface area (Å²) in [6, 6.07) is 0. The maximum Gasteiger partial charge on any atom is 0.308 e. The second-order valence-electron chi connectivity index (χ2n) is 4.77. The molecule has 2 aliphatic heterocycles. The number of ether oxygens (including phenoxy) is 1. The fourth-order valence-corrected chi connectivity index (χ4v) is 2.71. The van der Waals surface area contributed by atoms with Crippen LogP contribution in [0.15, 0.2) is 0 Å². The normalized spacial score (nSPS) is 25.6. The molecular weight excluding hydrogens is 204 g/mol. The Morgan fingerprint density at radius 3 is 2.12 bits per heavy atom.